The molecule has 1 rings (SSSR count). The van der Waals surface area contributed by atoms with Crippen molar-refractivity contribution in [3.05, 3.63) is 23.1 Å². The molecule has 0 saturated carbocycles. The Kier molecular flexibility index (Phi) is 2.57. The molecule has 0 aromatic heterocycles. The Bertz CT molecular complexity index is 293. The van der Waals surface area contributed by atoms with E-state index in [0.29, 0.717) is 0 Å². The van der Waals surface area contributed by atoms with Gasteiger partial charge in [-0.05, 0) is 6.08 Å². The smallest absolute Gasteiger partial charge is 0.333 e. The summed E-state index contributed by atoms with van der Waals surface area (Å²) in [6.07, 6.45) is 0.215. The number of nitrogens with two attached hydrogens (primary N) is 1. The molecule has 0 aromatic rings. The number of rotatable bonds is 1. The van der Waals surface area contributed by atoms with Crippen LogP contribution in [0, 0.1) is 0 Å². The Morgan fingerprint density at radius 1 is 1.77 bits per heavy atom. The summed E-state index contributed by atoms with van der Waals surface area (Å²) in [4.78, 5) is 11.0. The molecule has 0 heterocycles. The van der Waals surface area contributed by atoms with Crippen LogP contribution in [-0.4, -0.2) is 29.4 Å². The number of carbonyl (C=O) groups excluding carboxylic acids is 1. The van der Waals surface area contributed by atoms with Crippen molar-refractivity contribution in [3.8, 4) is 0 Å². The molecule has 4 N–H and O–H groups in total. The van der Waals surface area contributed by atoms with Gasteiger partial charge in [0.15, 0.2) is 0 Å². The molecule has 0 fully saturated rings. The molecule has 0 spiro atoms. The third kappa shape index (κ3) is 1.81. The maximum atomic E-state index is 11.0. The molecule has 1 unspecified atom stereocenters. The van der Waals surface area contributed by atoms with Gasteiger partial charge >= 0.3 is 5.97 Å². The topological polar surface area (TPSA) is 92.8 Å². The zero-order valence-corrected chi connectivity index (χ0v) is 7.15. The van der Waals surface area contributed by atoms with Gasteiger partial charge in [0.25, 0.3) is 0 Å². The van der Waals surface area contributed by atoms with E-state index in [1.807, 2.05) is 0 Å². The molecule has 5 nitrogen and oxygen atoms in total. The van der Waals surface area contributed by atoms with E-state index in [0.717, 1.165) is 0 Å². The lowest BCUT2D eigenvalue weighted by atomic mass is 9.99. The molecule has 5 heteroatoms. The maximum Gasteiger partial charge on any atom is 0.333 e. The first-order valence-corrected chi connectivity index (χ1v) is 3.71. The number of aliphatic hydroxyl groups is 2. The maximum absolute atomic E-state index is 11.0. The first kappa shape index (κ1) is 9.60. The molecule has 0 aliphatic heterocycles. The molecule has 1 aliphatic carbocycles. The van der Waals surface area contributed by atoms with Crippen LogP contribution in [0.3, 0.4) is 0 Å². The number of carbonyl (C=O) groups is 1. The van der Waals surface area contributed by atoms with Crippen LogP contribution in [0.25, 0.3) is 0 Å². The molecule has 0 aromatic carbocycles. The van der Waals surface area contributed by atoms with Crippen LogP contribution in [0.5, 0.6) is 0 Å². The summed E-state index contributed by atoms with van der Waals surface area (Å²) >= 11 is 0. The predicted octanol–water partition coefficient (Wildman–Crippen LogP) is -0.421. The van der Waals surface area contributed by atoms with Gasteiger partial charge in [0.1, 0.15) is 11.9 Å². The SMILES string of the molecule is COC(=O)C1=CC(N)=C(O)C(O)C1. The van der Waals surface area contributed by atoms with Gasteiger partial charge in [-0.1, -0.05) is 0 Å². The van der Waals surface area contributed by atoms with Crippen LogP contribution in [0.15, 0.2) is 23.1 Å². The quantitative estimate of drug-likeness (QED) is 0.482. The standard InChI is InChI=1S/C8H11NO4/c1-13-8(12)4-2-5(9)7(11)6(10)3-4/h2,6,10-11H,3,9H2,1H3. The number of ether oxygens (including phenoxy) is 1. The Morgan fingerprint density at radius 2 is 2.38 bits per heavy atom. The van der Waals surface area contributed by atoms with Gasteiger partial charge in [-0.3, -0.25) is 0 Å². The van der Waals surface area contributed by atoms with E-state index in [9.17, 15) is 9.90 Å². The lowest BCUT2D eigenvalue weighted by molar-refractivity contribution is -0.136. The lowest BCUT2D eigenvalue weighted by Gasteiger charge is -2.17. The van der Waals surface area contributed by atoms with E-state index in [2.05, 4.69) is 4.74 Å². The predicted molar refractivity (Wildman–Crippen MR) is 44.6 cm³/mol. The van der Waals surface area contributed by atoms with Gasteiger partial charge < -0.3 is 20.7 Å². The fraction of sp³-hybridized carbons (Fsp3) is 0.375. The highest BCUT2D eigenvalue weighted by atomic mass is 16.5. The van der Waals surface area contributed by atoms with Crippen molar-refractivity contribution in [1.82, 2.24) is 0 Å². The van der Waals surface area contributed by atoms with Crippen molar-refractivity contribution >= 4 is 5.97 Å². The summed E-state index contributed by atoms with van der Waals surface area (Å²) in [6.45, 7) is 0. The number of hydrogen-bond donors (Lipinski definition) is 3. The van der Waals surface area contributed by atoms with Crippen LogP contribution in [-0.2, 0) is 9.53 Å². The Hall–Kier alpha value is -1.49. The Labute approximate surface area is 75.1 Å². The second-order valence-corrected chi connectivity index (χ2v) is 2.72. The van der Waals surface area contributed by atoms with E-state index in [1.165, 1.54) is 13.2 Å². The second-order valence-electron chi connectivity index (χ2n) is 2.72. The summed E-state index contributed by atoms with van der Waals surface area (Å²) in [5, 5.41) is 18.4. The summed E-state index contributed by atoms with van der Waals surface area (Å²) in [5.74, 6) is -0.845. The summed E-state index contributed by atoms with van der Waals surface area (Å²) < 4.78 is 4.44. The second kappa shape index (κ2) is 3.49. The third-order valence-electron chi connectivity index (χ3n) is 1.80. The minimum atomic E-state index is -1.11. The number of aliphatic hydroxyl groups excluding tert-OH is 2. The summed E-state index contributed by atoms with van der Waals surface area (Å²) in [5.41, 5.74) is 5.59. The monoisotopic (exact) mass is 185 g/mol. The molecule has 0 saturated heterocycles. The van der Waals surface area contributed by atoms with Crippen molar-refractivity contribution in [2.75, 3.05) is 7.11 Å². The van der Waals surface area contributed by atoms with E-state index in [4.69, 9.17) is 10.8 Å². The van der Waals surface area contributed by atoms with Crippen LogP contribution >= 0.6 is 0 Å². The highest BCUT2D eigenvalue weighted by Gasteiger charge is 2.24. The number of hydrogen-bond acceptors (Lipinski definition) is 5. The average molecular weight is 185 g/mol. The van der Waals surface area contributed by atoms with Gasteiger partial charge in [0.05, 0.1) is 12.8 Å². The molecule has 0 amide bonds. The number of esters is 1. The minimum Gasteiger partial charge on any atom is -0.507 e. The van der Waals surface area contributed by atoms with Crippen LogP contribution in [0.2, 0.25) is 0 Å². The van der Waals surface area contributed by atoms with Gasteiger partial charge in [-0.25, -0.2) is 4.79 Å². The summed E-state index contributed by atoms with van der Waals surface area (Å²) in [7, 11) is 1.24. The van der Waals surface area contributed by atoms with Crippen LogP contribution in [0.4, 0.5) is 0 Å². The molecule has 1 atom stereocenters. The molecular formula is C8H11NO4. The minimum absolute atomic E-state index is 0.000787. The molecule has 13 heavy (non-hydrogen) atoms. The molecule has 0 bridgehead atoms. The zero-order valence-electron chi connectivity index (χ0n) is 7.15. The van der Waals surface area contributed by atoms with E-state index >= 15 is 0 Å². The Morgan fingerprint density at radius 3 is 2.85 bits per heavy atom. The van der Waals surface area contributed by atoms with E-state index < -0.39 is 12.1 Å². The molecule has 1 aliphatic rings. The fourth-order valence-corrected chi connectivity index (χ4v) is 1.09. The first-order valence-electron chi connectivity index (χ1n) is 3.71. The van der Waals surface area contributed by atoms with Crippen molar-refractivity contribution in [2.45, 2.75) is 12.5 Å². The van der Waals surface area contributed by atoms with Crippen LogP contribution < -0.4 is 5.73 Å². The number of allylic oxidation sites excluding steroid dienone is 1. The van der Waals surface area contributed by atoms with E-state index in [1.54, 1.807) is 0 Å². The molecule has 72 valence electrons. The number of methoxy groups -OCH3 is 1. The van der Waals surface area contributed by atoms with Crippen molar-refractivity contribution in [3.63, 3.8) is 0 Å². The van der Waals surface area contributed by atoms with Gasteiger partial charge in [-0.15, -0.1) is 0 Å². The van der Waals surface area contributed by atoms with Crippen molar-refractivity contribution in [1.29, 1.82) is 0 Å². The highest BCUT2D eigenvalue weighted by Crippen LogP contribution is 2.20. The molecular weight excluding hydrogens is 174 g/mol. The van der Waals surface area contributed by atoms with E-state index in [-0.39, 0.29) is 23.5 Å². The molecule has 0 radical (unpaired) electrons. The first-order chi connectivity index (χ1) is 6.06. The largest absolute Gasteiger partial charge is 0.507 e. The summed E-state index contributed by atoms with van der Waals surface area (Å²) in [6, 6.07) is 0. The van der Waals surface area contributed by atoms with Crippen molar-refractivity contribution < 1.29 is 19.7 Å². The van der Waals surface area contributed by atoms with Gasteiger partial charge in [0.2, 0.25) is 0 Å². The van der Waals surface area contributed by atoms with Crippen molar-refractivity contribution in [2.24, 2.45) is 5.73 Å². The normalized spacial score (nSPS) is 22.6. The third-order valence-corrected chi connectivity index (χ3v) is 1.80. The van der Waals surface area contributed by atoms with Crippen LogP contribution in [0.1, 0.15) is 6.42 Å². The van der Waals surface area contributed by atoms with Gasteiger partial charge in [0, 0.05) is 12.0 Å². The Balaban J connectivity index is 2.93. The van der Waals surface area contributed by atoms with Gasteiger partial charge in [-0.2, -0.15) is 0 Å². The lowest BCUT2D eigenvalue weighted by Crippen LogP contribution is -2.23. The highest BCUT2D eigenvalue weighted by molar-refractivity contribution is 5.89. The zero-order chi connectivity index (χ0) is 10.0. The average Bonchev–Trinajstić information content (AvgIpc) is 2.12. The fourth-order valence-electron chi connectivity index (χ4n) is 1.09.